The van der Waals surface area contributed by atoms with Crippen molar-refractivity contribution in [1.29, 1.82) is 0 Å². The lowest BCUT2D eigenvalue weighted by atomic mass is 10.0. The minimum atomic E-state index is -0.140. The monoisotopic (exact) mass is 462 g/mol. The number of aliphatic hydroxyl groups is 1. The molecule has 0 aliphatic carbocycles. The number of carbonyl (C=O) groups excluding carboxylic acids is 1. The van der Waals surface area contributed by atoms with Gasteiger partial charge >= 0.3 is 0 Å². The first-order chi connectivity index (χ1) is 16.1. The van der Waals surface area contributed by atoms with Crippen LogP contribution in [0, 0.1) is 0 Å². The summed E-state index contributed by atoms with van der Waals surface area (Å²) < 4.78 is 1.90. The van der Waals surface area contributed by atoms with Crippen LogP contribution >= 0.6 is 11.6 Å². The minimum Gasteiger partial charge on any atom is -0.392 e. The quantitative estimate of drug-likeness (QED) is 0.499. The summed E-state index contributed by atoms with van der Waals surface area (Å²) in [5.41, 5.74) is 5.09. The zero-order valence-corrected chi connectivity index (χ0v) is 19.4. The van der Waals surface area contributed by atoms with Crippen LogP contribution < -0.4 is 0 Å². The molecule has 2 atom stereocenters. The summed E-state index contributed by atoms with van der Waals surface area (Å²) >= 11 is 6.11. The van der Waals surface area contributed by atoms with Crippen molar-refractivity contribution in [2.45, 2.75) is 51.4 Å². The van der Waals surface area contributed by atoms with Crippen molar-refractivity contribution in [2.75, 3.05) is 6.54 Å². The fraction of sp³-hybridized carbons (Fsp3) is 0.346. The largest absolute Gasteiger partial charge is 0.392 e. The van der Waals surface area contributed by atoms with E-state index in [0.29, 0.717) is 35.1 Å². The Balaban J connectivity index is 1.45. The number of aliphatic imine (C=N–C) groups is 1. The molecule has 0 spiro atoms. The Bertz CT molecular complexity index is 1200. The normalized spacial score (nSPS) is 19.1. The molecule has 5 rings (SSSR count). The van der Waals surface area contributed by atoms with E-state index in [0.717, 1.165) is 30.4 Å². The summed E-state index contributed by atoms with van der Waals surface area (Å²) in [5.74, 6) is -0.0180. The van der Waals surface area contributed by atoms with Gasteiger partial charge in [-0.25, -0.2) is 0 Å². The van der Waals surface area contributed by atoms with E-state index < -0.39 is 0 Å². The lowest BCUT2D eigenvalue weighted by molar-refractivity contribution is 0.0635. The molecule has 3 aromatic rings. The summed E-state index contributed by atoms with van der Waals surface area (Å²) in [6, 6.07) is 16.0. The van der Waals surface area contributed by atoms with E-state index in [1.54, 1.807) is 12.1 Å². The molecule has 2 aliphatic heterocycles. The van der Waals surface area contributed by atoms with Gasteiger partial charge in [-0.3, -0.25) is 14.5 Å². The minimum absolute atomic E-state index is 0.0180. The van der Waals surface area contributed by atoms with Crippen molar-refractivity contribution in [3.8, 4) is 11.3 Å². The van der Waals surface area contributed by atoms with E-state index in [1.807, 2.05) is 27.9 Å². The number of fused-ring (bicyclic) bond motifs is 1. The topological polar surface area (TPSA) is 70.7 Å². The molecule has 0 saturated heterocycles. The number of halogens is 1. The van der Waals surface area contributed by atoms with Crippen LogP contribution in [0.25, 0.3) is 11.3 Å². The van der Waals surface area contributed by atoms with Crippen molar-refractivity contribution in [2.24, 2.45) is 4.99 Å². The Kier molecular flexibility index (Phi) is 6.04. The van der Waals surface area contributed by atoms with Gasteiger partial charge in [-0.1, -0.05) is 61.7 Å². The summed E-state index contributed by atoms with van der Waals surface area (Å²) in [6.45, 7) is 3.23. The Morgan fingerprint density at radius 1 is 1.15 bits per heavy atom. The molecule has 2 aromatic carbocycles. The molecule has 7 heteroatoms. The molecule has 1 N–H and O–H groups in total. The van der Waals surface area contributed by atoms with Gasteiger partial charge in [0, 0.05) is 29.9 Å². The van der Waals surface area contributed by atoms with Crippen LogP contribution in [-0.2, 0) is 13.2 Å². The number of rotatable bonds is 8. The van der Waals surface area contributed by atoms with E-state index in [2.05, 4.69) is 36.2 Å². The number of benzene rings is 2. The molecular weight excluding hydrogens is 436 g/mol. The van der Waals surface area contributed by atoms with Gasteiger partial charge in [-0.15, -0.1) is 0 Å². The van der Waals surface area contributed by atoms with Gasteiger partial charge in [0.25, 0.3) is 5.91 Å². The maximum Gasteiger partial charge on any atom is 0.272 e. The second-order valence-electron chi connectivity index (χ2n) is 8.79. The van der Waals surface area contributed by atoms with Crippen LogP contribution in [-0.4, -0.2) is 38.5 Å². The first-order valence-electron chi connectivity index (χ1n) is 11.5. The number of aliphatic hydroxyl groups excluding tert-OH is 1. The molecule has 3 heterocycles. The number of hydrogen-bond acceptors (Lipinski definition) is 4. The molecule has 1 aromatic heterocycles. The highest BCUT2D eigenvalue weighted by Gasteiger charge is 2.33. The molecule has 170 valence electrons. The zero-order chi connectivity index (χ0) is 22.9. The SMILES string of the molecule is CCCCC1CN(Cc2ccc(C3C=N3)cc2)C(=O)c2cc(-c3ccc(Cl)cc3CO)nn21. The molecule has 0 fully saturated rings. The van der Waals surface area contributed by atoms with E-state index in [-0.39, 0.29) is 24.6 Å². The molecule has 33 heavy (non-hydrogen) atoms. The lowest BCUT2D eigenvalue weighted by Gasteiger charge is -2.33. The summed E-state index contributed by atoms with van der Waals surface area (Å²) in [6.07, 6.45) is 5.05. The van der Waals surface area contributed by atoms with Crippen molar-refractivity contribution >= 4 is 23.7 Å². The first-order valence-corrected chi connectivity index (χ1v) is 11.9. The van der Waals surface area contributed by atoms with Crippen LogP contribution in [0.3, 0.4) is 0 Å². The molecule has 2 aliphatic rings. The van der Waals surface area contributed by atoms with Crippen molar-refractivity contribution < 1.29 is 9.90 Å². The average molecular weight is 463 g/mol. The van der Waals surface area contributed by atoms with Crippen molar-refractivity contribution in [3.63, 3.8) is 0 Å². The predicted molar refractivity (Wildman–Crippen MR) is 130 cm³/mol. The van der Waals surface area contributed by atoms with Gasteiger partial charge in [-0.2, -0.15) is 5.10 Å². The Hall–Kier alpha value is -2.96. The smallest absolute Gasteiger partial charge is 0.272 e. The van der Waals surface area contributed by atoms with Crippen LogP contribution in [0.5, 0.6) is 0 Å². The average Bonchev–Trinajstić information content (AvgIpc) is 3.58. The number of unbranched alkanes of at least 4 members (excludes halogenated alkanes) is 1. The van der Waals surface area contributed by atoms with Crippen LogP contribution in [0.15, 0.2) is 53.5 Å². The molecule has 0 bridgehead atoms. The lowest BCUT2D eigenvalue weighted by Crippen LogP contribution is -2.42. The number of hydrogen-bond donors (Lipinski definition) is 1. The molecule has 0 saturated carbocycles. The zero-order valence-electron chi connectivity index (χ0n) is 18.6. The Labute approximate surface area is 198 Å². The number of nitrogens with zero attached hydrogens (tertiary/aromatic N) is 4. The van der Waals surface area contributed by atoms with Crippen LogP contribution in [0.1, 0.15) is 65.4 Å². The highest BCUT2D eigenvalue weighted by molar-refractivity contribution is 6.30. The van der Waals surface area contributed by atoms with Crippen molar-refractivity contribution in [1.82, 2.24) is 14.7 Å². The summed E-state index contributed by atoms with van der Waals surface area (Å²) in [5, 5.41) is 15.2. The van der Waals surface area contributed by atoms with E-state index in [1.165, 1.54) is 5.56 Å². The number of carbonyl (C=O) groups is 1. The maximum atomic E-state index is 13.5. The third-order valence-electron chi connectivity index (χ3n) is 6.42. The second kappa shape index (κ2) is 9.12. The third-order valence-corrected chi connectivity index (χ3v) is 6.65. The van der Waals surface area contributed by atoms with Gasteiger partial charge in [-0.05, 0) is 41.3 Å². The van der Waals surface area contributed by atoms with Crippen LogP contribution in [0.2, 0.25) is 5.02 Å². The predicted octanol–water partition coefficient (Wildman–Crippen LogP) is 5.21. The number of amides is 1. The molecule has 2 unspecified atom stereocenters. The van der Waals surface area contributed by atoms with Crippen molar-refractivity contribution in [3.05, 3.63) is 75.9 Å². The van der Waals surface area contributed by atoms with Gasteiger partial charge < -0.3 is 10.0 Å². The fourth-order valence-electron chi connectivity index (χ4n) is 4.53. The standard InChI is InChI=1S/C26H27ClN4O2/c1-2-3-4-21-15-30(14-17-5-7-18(8-6-17)24-13-28-24)26(33)25-12-23(29-31(21)25)22-10-9-20(27)11-19(22)16-32/h5-13,21,24,32H,2-4,14-16H2,1H3. The molecule has 1 amide bonds. The van der Waals surface area contributed by atoms with Gasteiger partial charge in [0.1, 0.15) is 11.7 Å². The molecule has 6 nitrogen and oxygen atoms in total. The highest BCUT2D eigenvalue weighted by atomic mass is 35.5. The van der Waals surface area contributed by atoms with E-state index in [9.17, 15) is 9.90 Å². The summed E-state index contributed by atoms with van der Waals surface area (Å²) in [4.78, 5) is 19.6. The van der Waals surface area contributed by atoms with E-state index >= 15 is 0 Å². The Morgan fingerprint density at radius 2 is 1.94 bits per heavy atom. The maximum absolute atomic E-state index is 13.5. The van der Waals surface area contributed by atoms with Gasteiger partial charge in [0.15, 0.2) is 0 Å². The summed E-state index contributed by atoms with van der Waals surface area (Å²) in [7, 11) is 0. The second-order valence-corrected chi connectivity index (χ2v) is 9.22. The van der Waals surface area contributed by atoms with Gasteiger partial charge in [0.05, 0.1) is 18.3 Å². The van der Waals surface area contributed by atoms with Crippen LogP contribution in [0.4, 0.5) is 0 Å². The molecular formula is C26H27ClN4O2. The van der Waals surface area contributed by atoms with Gasteiger partial charge in [0.2, 0.25) is 0 Å². The van der Waals surface area contributed by atoms with E-state index in [4.69, 9.17) is 16.7 Å². The fourth-order valence-corrected chi connectivity index (χ4v) is 4.72. The third kappa shape index (κ3) is 4.45. The highest BCUT2D eigenvalue weighted by Crippen LogP contribution is 2.32. The molecule has 0 radical (unpaired) electrons. The first kappa shape index (κ1) is 21.9. The Morgan fingerprint density at radius 3 is 2.64 bits per heavy atom. The number of aromatic nitrogens is 2.